The van der Waals surface area contributed by atoms with Gasteiger partial charge in [0.05, 0.1) is 15.2 Å². The highest BCUT2D eigenvalue weighted by Gasteiger charge is 2.27. The highest BCUT2D eigenvalue weighted by Crippen LogP contribution is 2.33. The molecule has 3 nitrogen and oxygen atoms in total. The Kier molecular flexibility index (Phi) is 4.56. The van der Waals surface area contributed by atoms with Gasteiger partial charge in [0.2, 0.25) is 0 Å². The summed E-state index contributed by atoms with van der Waals surface area (Å²) in [7, 11) is -0.209. The number of methoxy groups -OCH3 is 1. The molecular formula is C19H20O3SSi. The van der Waals surface area contributed by atoms with Crippen LogP contribution < -0.4 is 15.5 Å². The van der Waals surface area contributed by atoms with Gasteiger partial charge in [-0.3, -0.25) is 0 Å². The lowest BCUT2D eigenvalue weighted by Crippen LogP contribution is -2.48. The average molecular weight is 357 g/mol. The van der Waals surface area contributed by atoms with E-state index in [1.807, 2.05) is 48.5 Å². The van der Waals surface area contributed by atoms with Gasteiger partial charge >= 0.3 is 5.63 Å². The third-order valence-corrected chi connectivity index (χ3v) is 7.07. The van der Waals surface area contributed by atoms with Crippen LogP contribution in [0.5, 0.6) is 5.75 Å². The molecule has 2 aromatic carbocycles. The van der Waals surface area contributed by atoms with Gasteiger partial charge in [-0.1, -0.05) is 49.6 Å². The summed E-state index contributed by atoms with van der Waals surface area (Å²) in [5.41, 5.74) is 0.435. The summed E-state index contributed by atoms with van der Waals surface area (Å²) in [6, 6.07) is 15.6. The van der Waals surface area contributed by atoms with Gasteiger partial charge in [-0.25, -0.2) is 4.79 Å². The lowest BCUT2D eigenvalue weighted by Gasteiger charge is -2.20. The van der Waals surface area contributed by atoms with Crippen LogP contribution in [0, 0.1) is 0 Å². The van der Waals surface area contributed by atoms with Gasteiger partial charge in [0.25, 0.3) is 0 Å². The molecule has 3 rings (SSSR count). The van der Waals surface area contributed by atoms with E-state index in [4.69, 9.17) is 9.15 Å². The fourth-order valence-electron chi connectivity index (χ4n) is 2.64. The fourth-order valence-corrected chi connectivity index (χ4v) is 6.16. The first-order chi connectivity index (χ1) is 11.4. The van der Waals surface area contributed by atoms with Crippen molar-refractivity contribution in [2.75, 3.05) is 7.11 Å². The van der Waals surface area contributed by atoms with Crippen molar-refractivity contribution in [2.24, 2.45) is 0 Å². The third-order valence-electron chi connectivity index (χ3n) is 3.79. The Labute approximate surface area is 146 Å². The van der Waals surface area contributed by atoms with Crippen molar-refractivity contribution >= 4 is 36.0 Å². The minimum atomic E-state index is -1.86. The molecule has 5 heteroatoms. The molecule has 0 aliphatic rings. The molecule has 0 aliphatic carbocycles. The second-order valence-corrected chi connectivity index (χ2v) is 12.7. The summed E-state index contributed by atoms with van der Waals surface area (Å²) in [6.07, 6.45) is 0. The van der Waals surface area contributed by atoms with Crippen LogP contribution in [0.4, 0.5) is 0 Å². The van der Waals surface area contributed by atoms with Crippen LogP contribution >= 0.6 is 11.8 Å². The van der Waals surface area contributed by atoms with Gasteiger partial charge in [0, 0.05) is 20.4 Å². The Morgan fingerprint density at radius 3 is 2.29 bits per heavy atom. The molecule has 0 bridgehead atoms. The Bertz CT molecular complexity index is 924. The van der Waals surface area contributed by atoms with Crippen molar-refractivity contribution < 1.29 is 9.15 Å². The zero-order valence-corrected chi connectivity index (χ0v) is 16.1. The molecule has 24 heavy (non-hydrogen) atoms. The van der Waals surface area contributed by atoms with Gasteiger partial charge in [0.1, 0.15) is 11.3 Å². The lowest BCUT2D eigenvalue weighted by molar-refractivity contribution is 0.414. The zero-order valence-electron chi connectivity index (χ0n) is 14.3. The number of rotatable bonds is 4. The fraction of sp³-hybridized carbons (Fsp3) is 0.211. The Morgan fingerprint density at radius 2 is 1.67 bits per heavy atom. The molecule has 3 aromatic rings. The van der Waals surface area contributed by atoms with E-state index in [1.54, 1.807) is 18.9 Å². The molecule has 0 saturated heterocycles. The van der Waals surface area contributed by atoms with Crippen LogP contribution in [-0.4, -0.2) is 15.2 Å². The number of fused-ring (bicyclic) bond motifs is 1. The number of benzene rings is 2. The monoisotopic (exact) mass is 356 g/mol. The Balaban J connectivity index is 2.21. The van der Waals surface area contributed by atoms with Crippen molar-refractivity contribution in [1.29, 1.82) is 0 Å². The van der Waals surface area contributed by atoms with Gasteiger partial charge in [-0.15, -0.1) is 0 Å². The summed E-state index contributed by atoms with van der Waals surface area (Å²) in [5.74, 6) is 0.821. The third kappa shape index (κ3) is 3.27. The van der Waals surface area contributed by atoms with Crippen molar-refractivity contribution in [3.8, 4) is 5.75 Å². The number of ether oxygens (including phenoxy) is 1. The van der Waals surface area contributed by atoms with Crippen molar-refractivity contribution in [3.63, 3.8) is 0 Å². The first kappa shape index (κ1) is 16.9. The van der Waals surface area contributed by atoms with Gasteiger partial charge in [-0.05, 0) is 30.3 Å². The topological polar surface area (TPSA) is 39.4 Å². The predicted octanol–water partition coefficient (Wildman–Crippen LogP) is 4.50. The van der Waals surface area contributed by atoms with E-state index >= 15 is 0 Å². The van der Waals surface area contributed by atoms with Crippen LogP contribution in [0.2, 0.25) is 19.6 Å². The highest BCUT2D eigenvalue weighted by molar-refractivity contribution is 7.99. The first-order valence-corrected chi connectivity index (χ1v) is 12.1. The van der Waals surface area contributed by atoms with E-state index in [0.29, 0.717) is 5.58 Å². The number of para-hydroxylation sites is 1. The number of hydrogen-bond donors (Lipinski definition) is 0. The van der Waals surface area contributed by atoms with Crippen LogP contribution in [0.3, 0.4) is 0 Å². The highest BCUT2D eigenvalue weighted by atomic mass is 32.2. The summed E-state index contributed by atoms with van der Waals surface area (Å²) < 4.78 is 10.8. The largest absolute Gasteiger partial charge is 0.497 e. The minimum absolute atomic E-state index is 0.205. The Hall–Kier alpha value is -1.98. The molecule has 0 fully saturated rings. The Morgan fingerprint density at radius 1 is 1.00 bits per heavy atom. The molecule has 1 heterocycles. The quantitative estimate of drug-likeness (QED) is 0.510. The van der Waals surface area contributed by atoms with Gasteiger partial charge in [0.15, 0.2) is 0 Å². The first-order valence-electron chi connectivity index (χ1n) is 7.78. The lowest BCUT2D eigenvalue weighted by atomic mass is 10.2. The number of hydrogen-bond acceptors (Lipinski definition) is 4. The molecule has 0 radical (unpaired) electrons. The molecule has 124 valence electrons. The van der Waals surface area contributed by atoms with Crippen LogP contribution in [0.25, 0.3) is 11.0 Å². The van der Waals surface area contributed by atoms with Crippen LogP contribution in [0.15, 0.2) is 67.5 Å². The summed E-state index contributed by atoms with van der Waals surface area (Å²) in [4.78, 5) is 14.7. The summed E-state index contributed by atoms with van der Waals surface area (Å²) in [6.45, 7) is 6.52. The molecule has 0 saturated carbocycles. The van der Waals surface area contributed by atoms with E-state index in [2.05, 4.69) is 19.6 Å². The van der Waals surface area contributed by atoms with Crippen molar-refractivity contribution in [3.05, 3.63) is 59.0 Å². The van der Waals surface area contributed by atoms with Crippen LogP contribution in [-0.2, 0) is 0 Å². The maximum Gasteiger partial charge on any atom is 0.336 e. The molecular weight excluding hydrogens is 336 g/mol. The normalized spacial score (nSPS) is 11.7. The molecule has 0 aliphatic heterocycles. The molecule has 0 N–H and O–H groups in total. The average Bonchev–Trinajstić information content (AvgIpc) is 2.54. The molecule has 0 unspecified atom stereocenters. The van der Waals surface area contributed by atoms with Crippen molar-refractivity contribution in [1.82, 2.24) is 0 Å². The second kappa shape index (κ2) is 6.49. The van der Waals surface area contributed by atoms with Gasteiger partial charge in [-0.2, -0.15) is 0 Å². The van der Waals surface area contributed by atoms with E-state index < -0.39 is 8.07 Å². The summed E-state index contributed by atoms with van der Waals surface area (Å²) >= 11 is 1.62. The van der Waals surface area contributed by atoms with Crippen LogP contribution in [0.1, 0.15) is 0 Å². The molecule has 0 spiro atoms. The summed E-state index contributed by atoms with van der Waals surface area (Å²) in [5, 5.41) is 1.84. The zero-order chi connectivity index (χ0) is 17.3. The SMILES string of the molecule is COc1ccc(Sc2c([Si](C)(C)C)c(=O)oc3ccccc23)cc1. The molecule has 0 amide bonds. The van der Waals surface area contributed by atoms with Crippen molar-refractivity contribution in [2.45, 2.75) is 29.4 Å². The van der Waals surface area contributed by atoms with E-state index in [1.165, 1.54) is 0 Å². The maximum absolute atomic E-state index is 12.6. The van der Waals surface area contributed by atoms with Gasteiger partial charge < -0.3 is 9.15 Å². The minimum Gasteiger partial charge on any atom is -0.497 e. The maximum atomic E-state index is 12.6. The van der Waals surface area contributed by atoms with E-state index in [9.17, 15) is 4.79 Å². The standard InChI is InChI=1S/C19H20O3SSi/c1-21-13-9-11-14(12-10-13)23-17-15-7-5-6-8-16(15)22-19(20)18(17)24(2,3)4/h5-12H,1-4H3. The van der Waals surface area contributed by atoms with E-state index in [0.717, 1.165) is 26.1 Å². The smallest absolute Gasteiger partial charge is 0.336 e. The molecule has 0 atom stereocenters. The second-order valence-electron chi connectivity index (χ2n) is 6.62. The predicted molar refractivity (Wildman–Crippen MR) is 103 cm³/mol. The molecule has 1 aromatic heterocycles. The van der Waals surface area contributed by atoms with E-state index in [-0.39, 0.29) is 5.63 Å².